The second kappa shape index (κ2) is 3.79. The smallest absolute Gasteiger partial charge is 0.157 e. The van der Waals surface area contributed by atoms with E-state index in [2.05, 4.69) is 5.43 Å². The molecule has 4 nitrogen and oxygen atoms in total. The van der Waals surface area contributed by atoms with Gasteiger partial charge in [0, 0.05) is 0 Å². The van der Waals surface area contributed by atoms with Crippen LogP contribution < -0.4 is 11.3 Å². The maximum Gasteiger partial charge on any atom is 0.157 e. The number of hydrogen-bond donors (Lipinski definition) is 1. The summed E-state index contributed by atoms with van der Waals surface area (Å²) in [4.78, 5) is 9.47. The Morgan fingerprint density at radius 1 is 1.44 bits per heavy atom. The summed E-state index contributed by atoms with van der Waals surface area (Å²) in [6, 6.07) is 0. The topological polar surface area (TPSA) is 54.3 Å². The van der Waals surface area contributed by atoms with Crippen molar-refractivity contribution in [2.75, 3.05) is 6.61 Å². The van der Waals surface area contributed by atoms with Crippen molar-refractivity contribution in [3.05, 3.63) is 0 Å². The van der Waals surface area contributed by atoms with Gasteiger partial charge in [0.25, 0.3) is 0 Å². The highest BCUT2D eigenvalue weighted by molar-refractivity contribution is 4.51. The lowest BCUT2D eigenvalue weighted by atomic mass is 10.2. The molecule has 0 bridgehead atoms. The molecule has 2 N–H and O–H groups in total. The molecule has 4 heteroatoms. The molecule has 53 valence electrons. The molecule has 1 unspecified atom stereocenters. The van der Waals surface area contributed by atoms with Crippen LogP contribution in [-0.2, 0) is 9.78 Å². The first kappa shape index (κ1) is 6.95. The van der Waals surface area contributed by atoms with Gasteiger partial charge in [0.15, 0.2) is 6.23 Å². The zero-order chi connectivity index (χ0) is 6.53. The van der Waals surface area contributed by atoms with Gasteiger partial charge in [0.1, 0.15) is 0 Å². The molecule has 9 heavy (non-hydrogen) atoms. The Labute approximate surface area is 54.2 Å². The lowest BCUT2D eigenvalue weighted by Gasteiger charge is -2.08. The molecule has 0 saturated carbocycles. The first-order valence-corrected chi connectivity index (χ1v) is 3.14. The number of rotatable bonds is 1. The summed E-state index contributed by atoms with van der Waals surface area (Å²) in [5.74, 6) is 6.74. The van der Waals surface area contributed by atoms with Crippen LogP contribution in [0.15, 0.2) is 0 Å². The third kappa shape index (κ3) is 2.28. The van der Waals surface area contributed by atoms with Crippen LogP contribution in [0.1, 0.15) is 19.3 Å². The van der Waals surface area contributed by atoms with E-state index in [1.165, 1.54) is 0 Å². The van der Waals surface area contributed by atoms with Gasteiger partial charge in [0.2, 0.25) is 0 Å². The van der Waals surface area contributed by atoms with Gasteiger partial charge in [-0.15, -0.1) is 0 Å². The van der Waals surface area contributed by atoms with Gasteiger partial charge >= 0.3 is 0 Å². The highest BCUT2D eigenvalue weighted by atomic mass is 17.2. The largest absolute Gasteiger partial charge is 0.235 e. The fourth-order valence-corrected chi connectivity index (χ4v) is 0.765. The highest BCUT2D eigenvalue weighted by Crippen LogP contribution is 2.07. The maximum absolute atomic E-state index is 6.74. The van der Waals surface area contributed by atoms with Crippen molar-refractivity contribution >= 4 is 0 Å². The number of hydrogen-bond acceptors (Lipinski definition) is 3. The van der Waals surface area contributed by atoms with Gasteiger partial charge in [-0.2, -0.15) is 5.84 Å². The molecule has 1 saturated heterocycles. The molecule has 0 amide bonds. The van der Waals surface area contributed by atoms with Crippen molar-refractivity contribution in [2.45, 2.75) is 25.5 Å². The average molecular weight is 131 g/mol. The van der Waals surface area contributed by atoms with Gasteiger partial charge in [-0.25, -0.2) is 15.2 Å². The van der Waals surface area contributed by atoms with Crippen LogP contribution in [0.2, 0.25) is 0 Å². The first-order valence-electron chi connectivity index (χ1n) is 3.14. The van der Waals surface area contributed by atoms with Crippen LogP contribution in [-0.4, -0.2) is 12.8 Å². The molecule has 1 atom stereocenters. The summed E-state index contributed by atoms with van der Waals surface area (Å²) in [6.07, 6.45) is 2.73. The van der Waals surface area contributed by atoms with E-state index in [1.54, 1.807) is 0 Å². The molecule has 0 aromatic rings. The number of nitrogens with one attached hydrogen (secondary N) is 2. The fraction of sp³-hybridized carbons (Fsp3) is 1.00. The minimum atomic E-state index is -0.229. The van der Waals surface area contributed by atoms with Gasteiger partial charge < -0.3 is 0 Å². The molecule has 1 fully saturated rings. The predicted molar refractivity (Wildman–Crippen MR) is 30.9 cm³/mol. The van der Waals surface area contributed by atoms with Crippen LogP contribution in [0.4, 0.5) is 0 Å². The summed E-state index contributed by atoms with van der Waals surface area (Å²) in [7, 11) is 0. The second-order valence-electron chi connectivity index (χ2n) is 2.05. The minimum absolute atomic E-state index is 0.229. The highest BCUT2D eigenvalue weighted by Gasteiger charge is 2.10. The summed E-state index contributed by atoms with van der Waals surface area (Å²) in [6.45, 7) is 0.651. The fourth-order valence-electron chi connectivity index (χ4n) is 0.765. The van der Waals surface area contributed by atoms with Crippen molar-refractivity contribution in [1.29, 1.82) is 0 Å². The van der Waals surface area contributed by atoms with E-state index in [1.807, 2.05) is 0 Å². The van der Waals surface area contributed by atoms with Gasteiger partial charge in [-0.05, 0) is 19.3 Å². The third-order valence-corrected chi connectivity index (χ3v) is 1.29. The van der Waals surface area contributed by atoms with Crippen LogP contribution >= 0.6 is 0 Å². The quantitative estimate of drug-likeness (QED) is 0.409. The monoisotopic (exact) mass is 131 g/mol. The Hall–Kier alpha value is -0.160. The van der Waals surface area contributed by atoms with E-state index in [0.717, 1.165) is 19.3 Å². The van der Waals surface area contributed by atoms with Crippen molar-refractivity contribution in [3.8, 4) is 0 Å². The van der Waals surface area contributed by atoms with E-state index in [0.29, 0.717) is 6.61 Å². The summed E-state index contributed by atoms with van der Waals surface area (Å²) < 4.78 is 0. The first-order chi connectivity index (χ1) is 4.43. The average Bonchev–Trinajstić information content (AvgIpc) is 2.13. The van der Waals surface area contributed by atoms with E-state index in [4.69, 9.17) is 15.6 Å². The Morgan fingerprint density at radius 3 is 3.11 bits per heavy atom. The molecule has 0 aromatic heterocycles. The molecule has 1 aliphatic rings. The van der Waals surface area contributed by atoms with Crippen LogP contribution in [0, 0.1) is 0 Å². The summed E-state index contributed by atoms with van der Waals surface area (Å²) in [5.41, 5.74) is 2.25. The Balaban J connectivity index is 2.18. The SMILES string of the molecule is [NH]NC1CCCCOO1. The van der Waals surface area contributed by atoms with Crippen molar-refractivity contribution in [2.24, 2.45) is 0 Å². The Kier molecular flexibility index (Phi) is 2.93. The normalized spacial score (nSPS) is 29.7. The van der Waals surface area contributed by atoms with Crippen LogP contribution in [0.25, 0.3) is 0 Å². The van der Waals surface area contributed by atoms with Gasteiger partial charge in [-0.1, -0.05) is 0 Å². The molecule has 0 aromatic carbocycles. The molecule has 1 rings (SSSR count). The molecule has 1 aliphatic heterocycles. The van der Waals surface area contributed by atoms with Gasteiger partial charge in [-0.3, -0.25) is 0 Å². The molecule has 1 heterocycles. The van der Waals surface area contributed by atoms with E-state index in [9.17, 15) is 0 Å². The molecule has 0 aliphatic carbocycles. The zero-order valence-electron chi connectivity index (χ0n) is 5.22. The Morgan fingerprint density at radius 2 is 2.33 bits per heavy atom. The molecular formula is C5H11N2O2. The van der Waals surface area contributed by atoms with Crippen molar-refractivity contribution in [3.63, 3.8) is 0 Å². The van der Waals surface area contributed by atoms with Crippen molar-refractivity contribution in [1.82, 2.24) is 11.3 Å². The summed E-state index contributed by atoms with van der Waals surface area (Å²) >= 11 is 0. The van der Waals surface area contributed by atoms with Crippen LogP contribution in [0.3, 0.4) is 0 Å². The van der Waals surface area contributed by atoms with E-state index < -0.39 is 0 Å². The van der Waals surface area contributed by atoms with Crippen molar-refractivity contribution < 1.29 is 9.78 Å². The van der Waals surface area contributed by atoms with E-state index >= 15 is 0 Å². The summed E-state index contributed by atoms with van der Waals surface area (Å²) in [5, 5.41) is 0. The van der Waals surface area contributed by atoms with Crippen LogP contribution in [0.5, 0.6) is 0 Å². The third-order valence-electron chi connectivity index (χ3n) is 1.29. The van der Waals surface area contributed by atoms with Gasteiger partial charge in [0.05, 0.1) is 6.61 Å². The minimum Gasteiger partial charge on any atom is -0.235 e. The standard InChI is InChI=1S/C5H11N2O2/c6-7-5-3-1-2-4-8-9-5/h5-7H,1-4H2. The Bertz CT molecular complexity index is 71.4. The van der Waals surface area contributed by atoms with E-state index in [-0.39, 0.29) is 6.23 Å². The molecular weight excluding hydrogens is 120 g/mol. The lowest BCUT2D eigenvalue weighted by molar-refractivity contribution is -0.324. The lowest BCUT2D eigenvalue weighted by Crippen LogP contribution is -2.29. The molecule has 0 spiro atoms. The maximum atomic E-state index is 6.74. The predicted octanol–water partition coefficient (Wildman–Crippen LogP) is 0.232. The molecule has 1 radical (unpaired) electrons. The second-order valence-corrected chi connectivity index (χ2v) is 2.05. The zero-order valence-corrected chi connectivity index (χ0v) is 5.22.